The summed E-state index contributed by atoms with van der Waals surface area (Å²) >= 11 is 3.28. The Morgan fingerprint density at radius 1 is 1.37 bits per heavy atom. The molecule has 1 N–H and O–H groups in total. The molecule has 1 rings (SSSR count). The van der Waals surface area contributed by atoms with Gasteiger partial charge in [-0.3, -0.25) is 4.79 Å². The molecule has 0 heterocycles. The molecule has 0 unspecified atom stereocenters. The zero-order valence-corrected chi connectivity index (χ0v) is 12.1. The van der Waals surface area contributed by atoms with Crippen LogP contribution in [-0.4, -0.2) is 23.5 Å². The topological polar surface area (TPSA) is 63.6 Å². The molecule has 0 atom stereocenters. The number of carbonyl (C=O) groups excluding carboxylic acids is 1. The van der Waals surface area contributed by atoms with Crippen LogP contribution in [0.5, 0.6) is 5.75 Å². The van der Waals surface area contributed by atoms with E-state index in [1.807, 2.05) is 6.92 Å². The molecule has 0 aliphatic carbocycles. The van der Waals surface area contributed by atoms with Gasteiger partial charge in [0, 0.05) is 10.5 Å². The maximum atomic E-state index is 11.9. The summed E-state index contributed by atoms with van der Waals surface area (Å²) in [5, 5.41) is 8.53. The van der Waals surface area contributed by atoms with Gasteiger partial charge in [0.15, 0.2) is 5.78 Å². The van der Waals surface area contributed by atoms with Gasteiger partial charge < -0.3 is 9.84 Å². The molecule has 5 heteroatoms. The molecule has 4 nitrogen and oxygen atoms in total. The third-order valence-corrected chi connectivity index (χ3v) is 2.83. The van der Waals surface area contributed by atoms with E-state index in [9.17, 15) is 9.59 Å². The summed E-state index contributed by atoms with van der Waals surface area (Å²) in [7, 11) is 0. The average molecular weight is 327 g/mol. The molecule has 0 aliphatic heterocycles. The van der Waals surface area contributed by atoms with Crippen molar-refractivity contribution in [3.63, 3.8) is 0 Å². The summed E-state index contributed by atoms with van der Waals surface area (Å²) < 4.78 is 6.28. The van der Waals surface area contributed by atoms with Gasteiger partial charge in [-0.25, -0.2) is 4.79 Å². The van der Waals surface area contributed by atoms with Crippen LogP contribution < -0.4 is 4.74 Å². The SMILES string of the molecule is CCCCOc1ccc(Br)cc1C(=O)/C=C/C(=O)O. The van der Waals surface area contributed by atoms with E-state index in [1.54, 1.807) is 18.2 Å². The van der Waals surface area contributed by atoms with E-state index in [4.69, 9.17) is 9.84 Å². The highest BCUT2D eigenvalue weighted by molar-refractivity contribution is 9.10. The van der Waals surface area contributed by atoms with Gasteiger partial charge in [-0.15, -0.1) is 0 Å². The molecule has 1 aromatic rings. The Morgan fingerprint density at radius 3 is 2.74 bits per heavy atom. The molecular formula is C14H15BrO4. The van der Waals surface area contributed by atoms with Crippen LogP contribution in [0.25, 0.3) is 0 Å². The second-order valence-electron chi connectivity index (χ2n) is 3.88. The van der Waals surface area contributed by atoms with Crippen molar-refractivity contribution in [2.75, 3.05) is 6.61 Å². The van der Waals surface area contributed by atoms with Crippen molar-refractivity contribution in [1.29, 1.82) is 0 Å². The number of aliphatic carboxylic acids is 1. The number of unbranched alkanes of at least 4 members (excludes halogenated alkanes) is 1. The number of rotatable bonds is 7. The Balaban J connectivity index is 2.93. The summed E-state index contributed by atoms with van der Waals surface area (Å²) in [4.78, 5) is 22.3. The molecule has 0 aliphatic rings. The fourth-order valence-electron chi connectivity index (χ4n) is 1.38. The molecule has 0 fully saturated rings. The number of carbonyl (C=O) groups is 2. The molecule has 1 aromatic carbocycles. The first-order valence-electron chi connectivity index (χ1n) is 5.92. The van der Waals surface area contributed by atoms with Gasteiger partial charge in [-0.2, -0.15) is 0 Å². The monoisotopic (exact) mass is 326 g/mol. The first-order valence-corrected chi connectivity index (χ1v) is 6.71. The fraction of sp³-hybridized carbons (Fsp3) is 0.286. The lowest BCUT2D eigenvalue weighted by Gasteiger charge is -2.09. The minimum Gasteiger partial charge on any atom is -0.493 e. The number of ketones is 1. The van der Waals surface area contributed by atoms with Crippen LogP contribution in [0.15, 0.2) is 34.8 Å². The van der Waals surface area contributed by atoms with E-state index < -0.39 is 11.8 Å². The molecule has 0 saturated carbocycles. The smallest absolute Gasteiger partial charge is 0.328 e. The fourth-order valence-corrected chi connectivity index (χ4v) is 1.74. The molecule has 0 aromatic heterocycles. The molecule has 0 saturated heterocycles. The molecule has 0 bridgehead atoms. The van der Waals surface area contributed by atoms with E-state index in [2.05, 4.69) is 15.9 Å². The quantitative estimate of drug-likeness (QED) is 0.473. The summed E-state index contributed by atoms with van der Waals surface area (Å²) in [5.74, 6) is -1.08. The van der Waals surface area contributed by atoms with Crippen molar-refractivity contribution >= 4 is 27.7 Å². The van der Waals surface area contributed by atoms with Crippen LogP contribution in [0.1, 0.15) is 30.1 Å². The van der Waals surface area contributed by atoms with Gasteiger partial charge in [0.05, 0.1) is 12.2 Å². The van der Waals surface area contributed by atoms with Crippen molar-refractivity contribution in [1.82, 2.24) is 0 Å². The largest absolute Gasteiger partial charge is 0.493 e. The van der Waals surface area contributed by atoms with Crippen molar-refractivity contribution < 1.29 is 19.4 Å². The number of carboxylic acid groups (broad SMARTS) is 1. The third-order valence-electron chi connectivity index (χ3n) is 2.34. The Morgan fingerprint density at radius 2 is 2.11 bits per heavy atom. The number of hydrogen-bond donors (Lipinski definition) is 1. The van der Waals surface area contributed by atoms with Crippen LogP contribution in [0.4, 0.5) is 0 Å². The van der Waals surface area contributed by atoms with Crippen LogP contribution in [0.2, 0.25) is 0 Å². The van der Waals surface area contributed by atoms with E-state index in [0.717, 1.165) is 29.5 Å². The van der Waals surface area contributed by atoms with Crippen LogP contribution in [0.3, 0.4) is 0 Å². The van der Waals surface area contributed by atoms with Gasteiger partial charge in [-0.05, 0) is 30.7 Å². The number of ether oxygens (including phenoxy) is 1. The summed E-state index contributed by atoms with van der Waals surface area (Å²) in [6.07, 6.45) is 3.74. The normalized spacial score (nSPS) is 10.6. The van der Waals surface area contributed by atoms with Gasteiger partial charge >= 0.3 is 5.97 Å². The number of hydrogen-bond acceptors (Lipinski definition) is 3. The molecule has 102 valence electrons. The Kier molecular flexibility index (Phi) is 6.29. The molecular weight excluding hydrogens is 312 g/mol. The highest BCUT2D eigenvalue weighted by atomic mass is 79.9. The zero-order valence-electron chi connectivity index (χ0n) is 10.6. The second kappa shape index (κ2) is 7.74. The maximum Gasteiger partial charge on any atom is 0.328 e. The van der Waals surface area contributed by atoms with E-state index in [0.29, 0.717) is 17.9 Å². The lowest BCUT2D eigenvalue weighted by molar-refractivity contribution is -0.131. The zero-order chi connectivity index (χ0) is 14.3. The van der Waals surface area contributed by atoms with E-state index in [-0.39, 0.29) is 0 Å². The van der Waals surface area contributed by atoms with Gasteiger partial charge in [-0.1, -0.05) is 29.3 Å². The van der Waals surface area contributed by atoms with Crippen LogP contribution in [-0.2, 0) is 4.79 Å². The van der Waals surface area contributed by atoms with Crippen LogP contribution >= 0.6 is 15.9 Å². The van der Waals surface area contributed by atoms with Gasteiger partial charge in [0.1, 0.15) is 5.75 Å². The van der Waals surface area contributed by atoms with Crippen molar-refractivity contribution in [2.45, 2.75) is 19.8 Å². The summed E-state index contributed by atoms with van der Waals surface area (Å²) in [6.45, 7) is 2.58. The number of allylic oxidation sites excluding steroid dienone is 1. The lowest BCUT2D eigenvalue weighted by Crippen LogP contribution is -2.04. The summed E-state index contributed by atoms with van der Waals surface area (Å²) in [6, 6.07) is 5.09. The molecule has 19 heavy (non-hydrogen) atoms. The predicted octanol–water partition coefficient (Wildman–Crippen LogP) is 3.45. The summed E-state index contributed by atoms with van der Waals surface area (Å²) in [5.41, 5.74) is 0.350. The van der Waals surface area contributed by atoms with Crippen molar-refractivity contribution in [2.24, 2.45) is 0 Å². The van der Waals surface area contributed by atoms with E-state index in [1.165, 1.54) is 0 Å². The number of halogens is 1. The predicted molar refractivity (Wildman–Crippen MR) is 75.7 cm³/mol. The van der Waals surface area contributed by atoms with Gasteiger partial charge in [0.2, 0.25) is 0 Å². The Bertz CT molecular complexity index is 494. The molecule has 0 amide bonds. The lowest BCUT2D eigenvalue weighted by atomic mass is 10.1. The molecule has 0 radical (unpaired) electrons. The highest BCUT2D eigenvalue weighted by Crippen LogP contribution is 2.24. The highest BCUT2D eigenvalue weighted by Gasteiger charge is 2.11. The van der Waals surface area contributed by atoms with Crippen LogP contribution in [0, 0.1) is 0 Å². The first kappa shape index (κ1) is 15.4. The standard InChI is InChI=1S/C14H15BrO4/c1-2-3-8-19-13-6-4-10(15)9-11(13)12(16)5-7-14(17)18/h4-7,9H,2-3,8H2,1H3,(H,17,18)/b7-5+. The number of carboxylic acids is 1. The second-order valence-corrected chi connectivity index (χ2v) is 4.79. The minimum absolute atomic E-state index is 0.350. The number of benzene rings is 1. The van der Waals surface area contributed by atoms with Gasteiger partial charge in [0.25, 0.3) is 0 Å². The van der Waals surface area contributed by atoms with E-state index >= 15 is 0 Å². The maximum absolute atomic E-state index is 11.9. The van der Waals surface area contributed by atoms with Crippen molar-refractivity contribution in [3.8, 4) is 5.75 Å². The van der Waals surface area contributed by atoms with Crippen molar-refractivity contribution in [3.05, 3.63) is 40.4 Å². The average Bonchev–Trinajstić information content (AvgIpc) is 2.37. The molecule has 0 spiro atoms. The first-order chi connectivity index (χ1) is 9.04. The minimum atomic E-state index is -1.16. The third kappa shape index (κ3) is 5.26. The Hall–Kier alpha value is -1.62. The Labute approximate surface area is 120 Å².